The second kappa shape index (κ2) is 25.5. The monoisotopic (exact) mass is 869 g/mol. The van der Waals surface area contributed by atoms with Gasteiger partial charge in [-0.1, -0.05) is 78.6 Å². The lowest BCUT2D eigenvalue weighted by Gasteiger charge is -2.28. The first-order chi connectivity index (χ1) is 26.7. The fourth-order valence-electron chi connectivity index (χ4n) is 4.82. The summed E-state index contributed by atoms with van der Waals surface area (Å²) in [5.41, 5.74) is 0. The highest BCUT2D eigenvalue weighted by Gasteiger charge is 2.29. The highest BCUT2D eigenvalue weighted by atomic mass is 28.3. The van der Waals surface area contributed by atoms with Gasteiger partial charge in [0.2, 0.25) is 0 Å². The molecule has 0 N–H and O–H groups in total. The Labute approximate surface area is 349 Å². The molecule has 17 heteroatoms. The summed E-state index contributed by atoms with van der Waals surface area (Å²) in [6.45, 7) is 35.1. The van der Waals surface area contributed by atoms with Crippen LogP contribution in [-0.2, 0) is 28.4 Å². The van der Waals surface area contributed by atoms with Gasteiger partial charge < -0.3 is 56.7 Å². The quantitative estimate of drug-likeness (QED) is 0.0397. The van der Waals surface area contributed by atoms with E-state index in [1.54, 1.807) is 36.4 Å². The molecule has 0 aromatic heterocycles. The Bertz CT molecular complexity index is 1290. The van der Waals surface area contributed by atoms with Crippen LogP contribution in [0.3, 0.4) is 0 Å². The highest BCUT2D eigenvalue weighted by Crippen LogP contribution is 2.34. The van der Waals surface area contributed by atoms with E-state index in [2.05, 4.69) is 78.6 Å². The highest BCUT2D eigenvalue weighted by molar-refractivity contribution is 6.77. The SMILES string of the molecule is CCOC(OCCOc1cc(O[B]Oc2ccc(OCOCC[Si](C)(C)C)c(OCCOC(OCC)[Si](C)(C)C)c2)ccc1OCOCC[Si](C)(C)C)[Si](C)(C)C. The number of hydrogen-bond acceptors (Lipinski definition) is 12. The average Bonchev–Trinajstić information content (AvgIpc) is 3.10. The van der Waals surface area contributed by atoms with Crippen LogP contribution in [0.2, 0.25) is 90.7 Å². The summed E-state index contributed by atoms with van der Waals surface area (Å²) in [6, 6.07) is 12.7. The maximum atomic E-state index is 6.15. The Morgan fingerprint density at radius 2 is 0.842 bits per heavy atom. The molecule has 1 radical (unpaired) electrons. The first-order valence-electron chi connectivity index (χ1n) is 20.3. The van der Waals surface area contributed by atoms with Gasteiger partial charge in [0.25, 0.3) is 0 Å². The van der Waals surface area contributed by atoms with Crippen molar-refractivity contribution in [2.45, 2.75) is 116 Å². The van der Waals surface area contributed by atoms with E-state index in [1.807, 2.05) is 13.8 Å². The van der Waals surface area contributed by atoms with Gasteiger partial charge >= 0.3 is 7.69 Å². The zero-order valence-corrected chi connectivity index (χ0v) is 41.6. The minimum Gasteiger partial charge on any atom is -0.526 e. The minimum absolute atomic E-state index is 0.112. The van der Waals surface area contributed by atoms with Crippen LogP contribution in [0, 0.1) is 0 Å². The topological polar surface area (TPSA) is 111 Å². The second-order valence-electron chi connectivity index (χ2n) is 18.3. The van der Waals surface area contributed by atoms with Gasteiger partial charge in [0.15, 0.2) is 36.6 Å². The number of benzene rings is 2. The molecule has 0 heterocycles. The molecule has 325 valence electrons. The van der Waals surface area contributed by atoms with E-state index in [9.17, 15) is 0 Å². The lowest BCUT2D eigenvalue weighted by atomic mass is 10.2. The fraction of sp³-hybridized carbons (Fsp3) is 0.700. The summed E-state index contributed by atoms with van der Waals surface area (Å²) in [7, 11) is -4.55. The van der Waals surface area contributed by atoms with Gasteiger partial charge in [-0.25, -0.2) is 0 Å². The summed E-state index contributed by atoms with van der Waals surface area (Å²) in [5, 5.41) is 0. The van der Waals surface area contributed by atoms with Crippen molar-refractivity contribution in [1.29, 1.82) is 0 Å². The Morgan fingerprint density at radius 3 is 1.18 bits per heavy atom. The summed E-state index contributed by atoms with van der Waals surface area (Å²) in [4.78, 5) is 0. The Kier molecular flexibility index (Phi) is 22.9. The predicted octanol–water partition coefficient (Wildman–Crippen LogP) is 9.33. The van der Waals surface area contributed by atoms with Crippen molar-refractivity contribution in [3.63, 3.8) is 0 Å². The summed E-state index contributed by atoms with van der Waals surface area (Å²) >= 11 is 0. The minimum atomic E-state index is -1.69. The normalized spacial score (nSPS) is 13.5. The van der Waals surface area contributed by atoms with E-state index in [4.69, 9.17) is 56.7 Å². The largest absolute Gasteiger partial charge is 0.658 e. The van der Waals surface area contributed by atoms with Crippen LogP contribution in [0.4, 0.5) is 0 Å². The van der Waals surface area contributed by atoms with Crippen molar-refractivity contribution in [3.05, 3.63) is 36.4 Å². The third-order valence-electron chi connectivity index (χ3n) is 8.06. The first kappa shape index (κ1) is 51.1. The zero-order valence-electron chi connectivity index (χ0n) is 37.6. The summed E-state index contributed by atoms with van der Waals surface area (Å²) in [5.74, 6) is 2.58. The molecule has 0 saturated carbocycles. The van der Waals surface area contributed by atoms with Crippen molar-refractivity contribution in [3.8, 4) is 34.5 Å². The zero-order chi connectivity index (χ0) is 42.5. The predicted molar refractivity (Wildman–Crippen MR) is 240 cm³/mol. The molecule has 0 spiro atoms. The van der Waals surface area contributed by atoms with Gasteiger partial charge in [0.1, 0.15) is 52.7 Å². The fourth-order valence-corrected chi connectivity index (χ4v) is 8.90. The van der Waals surface area contributed by atoms with Crippen LogP contribution in [0.5, 0.6) is 34.5 Å². The lowest BCUT2D eigenvalue weighted by molar-refractivity contribution is -0.0973. The van der Waals surface area contributed by atoms with Gasteiger partial charge in [0, 0.05) is 54.7 Å². The number of hydrogen-bond donors (Lipinski definition) is 0. The van der Waals surface area contributed by atoms with Gasteiger partial charge in [-0.05, 0) is 50.2 Å². The molecule has 57 heavy (non-hydrogen) atoms. The first-order valence-corrected chi connectivity index (χ1v) is 34.8. The molecular formula is C40H74BO12Si4. The van der Waals surface area contributed by atoms with Crippen LogP contribution in [0.15, 0.2) is 36.4 Å². The van der Waals surface area contributed by atoms with E-state index in [1.165, 1.54) is 7.69 Å². The molecule has 2 rings (SSSR count). The van der Waals surface area contributed by atoms with E-state index >= 15 is 0 Å². The van der Waals surface area contributed by atoms with Crippen molar-refractivity contribution in [1.82, 2.24) is 0 Å². The van der Waals surface area contributed by atoms with Crippen LogP contribution >= 0.6 is 0 Å². The number of rotatable bonds is 32. The molecule has 0 saturated heterocycles. The third kappa shape index (κ3) is 22.8. The summed E-state index contributed by atoms with van der Waals surface area (Å²) in [6.07, 6.45) is 0. The van der Waals surface area contributed by atoms with Crippen LogP contribution < -0.4 is 28.3 Å². The van der Waals surface area contributed by atoms with Crippen molar-refractivity contribution >= 4 is 40.0 Å². The molecule has 2 atom stereocenters. The molecular weight excluding hydrogens is 796 g/mol. The molecule has 0 aliphatic heterocycles. The molecule has 2 aromatic rings. The maximum absolute atomic E-state index is 6.15. The Morgan fingerprint density at radius 1 is 0.456 bits per heavy atom. The van der Waals surface area contributed by atoms with Crippen molar-refractivity contribution in [2.24, 2.45) is 0 Å². The maximum Gasteiger partial charge on any atom is 0.658 e. The van der Waals surface area contributed by atoms with Crippen molar-refractivity contribution in [2.75, 3.05) is 66.4 Å². The van der Waals surface area contributed by atoms with Gasteiger partial charge in [-0.3, -0.25) is 0 Å². The molecule has 2 aromatic carbocycles. The molecule has 0 aliphatic carbocycles. The Balaban J connectivity index is 2.11. The van der Waals surface area contributed by atoms with E-state index in [0.717, 1.165) is 12.1 Å². The van der Waals surface area contributed by atoms with E-state index in [0.29, 0.717) is 87.4 Å². The van der Waals surface area contributed by atoms with E-state index < -0.39 is 32.3 Å². The molecule has 2 unspecified atom stereocenters. The third-order valence-corrected chi connectivity index (χ3v) is 15.0. The molecule has 0 bridgehead atoms. The van der Waals surface area contributed by atoms with Gasteiger partial charge in [-0.2, -0.15) is 0 Å². The van der Waals surface area contributed by atoms with Crippen molar-refractivity contribution < 1.29 is 56.7 Å². The molecule has 0 amide bonds. The smallest absolute Gasteiger partial charge is 0.526 e. The average molecular weight is 870 g/mol. The van der Waals surface area contributed by atoms with Crippen LogP contribution in [0.1, 0.15) is 13.8 Å². The molecule has 12 nitrogen and oxygen atoms in total. The summed E-state index contributed by atoms with van der Waals surface area (Å²) < 4.78 is 71.5. The van der Waals surface area contributed by atoms with Gasteiger partial charge in [-0.15, -0.1) is 0 Å². The standard InChI is InChI=1S/C40H74BO12Si4/c1-15-44-39(56(9,10)11)48-23-21-46-37-29-33(17-19-35(37)50-31-42-25-27-54(3,4)5)52-41-53-34-18-20-36(51-32-43-26-28-55(6,7)8)38(30-34)47-22-24-49-40(45-16-2)57(12,13)14/h17-20,29-30,39-40H,15-16,21-28,31-32H2,1-14H3. The molecule has 0 aliphatic rings. The second-order valence-corrected chi connectivity index (χ2v) is 39.9. The molecule has 0 fully saturated rings. The van der Waals surface area contributed by atoms with E-state index in [-0.39, 0.29) is 25.4 Å². The lowest BCUT2D eigenvalue weighted by Crippen LogP contribution is -2.43. The van der Waals surface area contributed by atoms with Crippen LogP contribution in [0.25, 0.3) is 0 Å². The Hall–Kier alpha value is -2.07. The van der Waals surface area contributed by atoms with Crippen LogP contribution in [-0.4, -0.2) is 118 Å². The van der Waals surface area contributed by atoms with Gasteiger partial charge in [0.05, 0.1) is 13.2 Å². The number of ether oxygens (including phenoxy) is 10.